The summed E-state index contributed by atoms with van der Waals surface area (Å²) in [5.41, 5.74) is 2.97. The van der Waals surface area contributed by atoms with Crippen LogP contribution in [0.3, 0.4) is 0 Å². The molecule has 0 saturated heterocycles. The minimum absolute atomic E-state index is 0.0213. The number of carbonyl (C=O) groups excluding carboxylic acids is 1. The molecule has 0 fully saturated rings. The van der Waals surface area contributed by atoms with E-state index in [-0.39, 0.29) is 12.1 Å². The van der Waals surface area contributed by atoms with Gasteiger partial charge in [0, 0.05) is 6.61 Å². The van der Waals surface area contributed by atoms with Gasteiger partial charge in [-0.1, -0.05) is 161 Å². The Bertz CT molecular complexity index is 949. The summed E-state index contributed by atoms with van der Waals surface area (Å²) in [7, 11) is 0. The van der Waals surface area contributed by atoms with Gasteiger partial charge in [-0.2, -0.15) is 0 Å². The van der Waals surface area contributed by atoms with Gasteiger partial charge in [0.05, 0.1) is 11.7 Å². The first-order valence-corrected chi connectivity index (χ1v) is 18.6. The van der Waals surface area contributed by atoms with Gasteiger partial charge in [-0.05, 0) is 67.5 Å². The number of esters is 1. The fourth-order valence-corrected chi connectivity index (χ4v) is 6.18. The van der Waals surface area contributed by atoms with Crippen LogP contribution in [0.5, 0.6) is 5.75 Å². The maximum atomic E-state index is 12.7. The Hall–Kier alpha value is -2.13. The van der Waals surface area contributed by atoms with Crippen molar-refractivity contribution in [1.82, 2.24) is 0 Å². The van der Waals surface area contributed by atoms with Crippen LogP contribution in [0.25, 0.3) is 0 Å². The lowest BCUT2D eigenvalue weighted by Gasteiger charge is -2.15. The van der Waals surface area contributed by atoms with Crippen molar-refractivity contribution < 1.29 is 14.3 Å². The Balaban J connectivity index is 1.48. The molecule has 0 bridgehead atoms. The molecule has 3 nitrogen and oxygen atoms in total. The van der Waals surface area contributed by atoms with E-state index < -0.39 is 0 Å². The van der Waals surface area contributed by atoms with Gasteiger partial charge in [0.15, 0.2) is 0 Å². The van der Waals surface area contributed by atoms with Crippen LogP contribution < -0.4 is 4.74 Å². The van der Waals surface area contributed by atoms with Crippen LogP contribution in [0, 0.1) is 0 Å². The van der Waals surface area contributed by atoms with Crippen molar-refractivity contribution in [3.8, 4) is 5.75 Å². The van der Waals surface area contributed by atoms with Crippen LogP contribution in [0.1, 0.15) is 196 Å². The zero-order valence-corrected chi connectivity index (χ0v) is 29.1. The number of ether oxygens (including phenoxy) is 2. The third-order valence-electron chi connectivity index (χ3n) is 9.17. The SMILES string of the molecule is CCCCCCCCCCCCCCCCCCCCOC(C)c1ccc(C(=O)Oc2ccc(C(CC)CCC)cc2)cc1. The molecule has 2 unspecified atom stereocenters. The molecule has 0 heterocycles. The summed E-state index contributed by atoms with van der Waals surface area (Å²) in [6.07, 6.45) is 28.5. The minimum atomic E-state index is -0.322. The second-order valence-electron chi connectivity index (χ2n) is 13.0. The lowest BCUT2D eigenvalue weighted by molar-refractivity contribution is 0.0626. The standard InChI is InChI=1S/C41H66O3/c1-5-8-9-10-11-12-13-14-15-16-17-18-19-20-21-22-23-24-34-43-35(4)37-26-28-39(29-27-37)41(42)44-40-32-30-38(31-33-40)36(7-3)25-6-2/h26-33,35-36H,5-25,34H2,1-4H3. The Morgan fingerprint density at radius 1 is 0.568 bits per heavy atom. The zero-order chi connectivity index (χ0) is 31.7. The monoisotopic (exact) mass is 607 g/mol. The Kier molecular flexibility index (Phi) is 21.7. The average molecular weight is 607 g/mol. The van der Waals surface area contributed by atoms with Crippen molar-refractivity contribution in [1.29, 1.82) is 0 Å². The maximum Gasteiger partial charge on any atom is 0.343 e. The molecule has 2 atom stereocenters. The predicted molar refractivity (Wildman–Crippen MR) is 189 cm³/mol. The molecule has 2 rings (SSSR count). The first-order chi connectivity index (χ1) is 21.6. The molecule has 0 aliphatic carbocycles. The van der Waals surface area contributed by atoms with Gasteiger partial charge in [0.2, 0.25) is 0 Å². The van der Waals surface area contributed by atoms with Gasteiger partial charge in [0.25, 0.3) is 0 Å². The number of benzene rings is 2. The quantitative estimate of drug-likeness (QED) is 0.0576. The van der Waals surface area contributed by atoms with E-state index in [2.05, 4.69) is 39.8 Å². The summed E-state index contributed by atoms with van der Waals surface area (Å²) in [6, 6.07) is 15.7. The van der Waals surface area contributed by atoms with Gasteiger partial charge < -0.3 is 9.47 Å². The van der Waals surface area contributed by atoms with Crippen molar-refractivity contribution in [3.05, 3.63) is 65.2 Å². The van der Waals surface area contributed by atoms with Gasteiger partial charge in [-0.15, -0.1) is 0 Å². The molecule has 0 amide bonds. The Morgan fingerprint density at radius 3 is 1.48 bits per heavy atom. The topological polar surface area (TPSA) is 35.5 Å². The van der Waals surface area contributed by atoms with Crippen molar-refractivity contribution in [3.63, 3.8) is 0 Å². The van der Waals surface area contributed by atoms with Crippen LogP contribution in [-0.2, 0) is 4.74 Å². The maximum absolute atomic E-state index is 12.7. The summed E-state index contributed by atoms with van der Waals surface area (Å²) >= 11 is 0. The van der Waals surface area contributed by atoms with Crippen LogP contribution in [0.2, 0.25) is 0 Å². The summed E-state index contributed by atoms with van der Waals surface area (Å²) in [5, 5.41) is 0. The molecular weight excluding hydrogens is 540 g/mol. The molecule has 0 spiro atoms. The lowest BCUT2D eigenvalue weighted by atomic mass is 9.92. The number of rotatable bonds is 27. The lowest BCUT2D eigenvalue weighted by Crippen LogP contribution is -2.09. The third-order valence-corrected chi connectivity index (χ3v) is 9.17. The molecular formula is C41H66O3. The van der Waals surface area contributed by atoms with Crippen LogP contribution >= 0.6 is 0 Å². The predicted octanol–water partition coefficient (Wildman–Crippen LogP) is 13.3. The van der Waals surface area contributed by atoms with E-state index in [1.54, 1.807) is 0 Å². The van der Waals surface area contributed by atoms with E-state index in [0.717, 1.165) is 25.0 Å². The van der Waals surface area contributed by atoms with Crippen LogP contribution in [0.15, 0.2) is 48.5 Å². The minimum Gasteiger partial charge on any atom is -0.423 e. The smallest absolute Gasteiger partial charge is 0.343 e. The number of unbranched alkanes of at least 4 members (excludes halogenated alkanes) is 17. The molecule has 0 N–H and O–H groups in total. The molecule has 0 saturated carbocycles. The highest BCUT2D eigenvalue weighted by Gasteiger charge is 2.13. The van der Waals surface area contributed by atoms with Crippen LogP contribution in [0.4, 0.5) is 0 Å². The molecule has 0 aliphatic heterocycles. The average Bonchev–Trinajstić information content (AvgIpc) is 3.05. The number of carbonyl (C=O) groups is 1. The van der Waals surface area contributed by atoms with Crippen molar-refractivity contribution in [2.24, 2.45) is 0 Å². The first-order valence-electron chi connectivity index (χ1n) is 18.6. The van der Waals surface area contributed by atoms with E-state index in [4.69, 9.17) is 9.47 Å². The van der Waals surface area contributed by atoms with Gasteiger partial charge in [-0.3, -0.25) is 0 Å². The van der Waals surface area contributed by atoms with Gasteiger partial charge in [0.1, 0.15) is 5.75 Å². The fraction of sp³-hybridized carbons (Fsp3) is 0.683. The second kappa shape index (κ2) is 25.1. The summed E-state index contributed by atoms with van der Waals surface area (Å²) in [5.74, 6) is 0.841. The Labute approximate surface area is 271 Å². The van der Waals surface area contributed by atoms with Crippen LogP contribution in [-0.4, -0.2) is 12.6 Å². The van der Waals surface area contributed by atoms with E-state index in [9.17, 15) is 4.79 Å². The molecule has 3 heteroatoms. The molecule has 248 valence electrons. The largest absolute Gasteiger partial charge is 0.423 e. The first kappa shape index (κ1) is 38.1. The second-order valence-corrected chi connectivity index (χ2v) is 13.0. The molecule has 0 aliphatic rings. The Morgan fingerprint density at radius 2 is 1.02 bits per heavy atom. The highest BCUT2D eigenvalue weighted by Crippen LogP contribution is 2.27. The third kappa shape index (κ3) is 16.8. The van der Waals surface area contributed by atoms with Gasteiger partial charge in [-0.25, -0.2) is 4.79 Å². The molecule has 44 heavy (non-hydrogen) atoms. The summed E-state index contributed by atoms with van der Waals surface area (Å²) < 4.78 is 11.7. The van der Waals surface area contributed by atoms with Crippen molar-refractivity contribution in [2.75, 3.05) is 6.61 Å². The van der Waals surface area contributed by atoms with E-state index in [0.29, 0.717) is 17.2 Å². The van der Waals surface area contributed by atoms with Crippen molar-refractivity contribution >= 4 is 5.97 Å². The van der Waals surface area contributed by atoms with Gasteiger partial charge >= 0.3 is 5.97 Å². The molecule has 2 aromatic carbocycles. The molecule has 0 radical (unpaired) electrons. The normalized spacial score (nSPS) is 12.7. The van der Waals surface area contributed by atoms with E-state index >= 15 is 0 Å². The summed E-state index contributed by atoms with van der Waals surface area (Å²) in [4.78, 5) is 12.7. The molecule has 0 aromatic heterocycles. The zero-order valence-electron chi connectivity index (χ0n) is 29.1. The highest BCUT2D eigenvalue weighted by molar-refractivity contribution is 5.91. The van der Waals surface area contributed by atoms with E-state index in [1.165, 1.54) is 128 Å². The number of hydrogen-bond acceptors (Lipinski definition) is 3. The van der Waals surface area contributed by atoms with Crippen molar-refractivity contribution in [2.45, 2.75) is 175 Å². The fourth-order valence-electron chi connectivity index (χ4n) is 6.18. The molecule has 2 aromatic rings. The highest BCUT2D eigenvalue weighted by atomic mass is 16.5. The van der Waals surface area contributed by atoms with E-state index in [1.807, 2.05) is 36.4 Å². The summed E-state index contributed by atoms with van der Waals surface area (Å²) in [6.45, 7) is 9.62. The number of hydrogen-bond donors (Lipinski definition) is 0.